The zero-order chi connectivity index (χ0) is 22.6. The number of para-hydroxylation sites is 1. The molecule has 0 saturated carbocycles. The Kier molecular flexibility index (Phi) is 5.61. The monoisotopic (exact) mass is 454 g/mol. The molecule has 9 heteroatoms. The molecule has 0 unspecified atom stereocenters. The first-order valence-corrected chi connectivity index (χ1v) is 10.9. The van der Waals surface area contributed by atoms with Crippen LogP contribution in [0.15, 0.2) is 85.2 Å². The standard InChI is InChI=1S/C24H18N6O2S/c1-32-18-12-10-16(11-13-18)21-19(15-30(29-21)17-7-3-2-4-8-17)22(31)26-24-28-27-23(33-24)20-9-5-6-14-25-20/h2-15H,1H3,(H,26,28,31). The SMILES string of the molecule is COc1ccc(-c2nn(-c3ccccc3)cc2C(=O)Nc2nnc(-c3ccccn3)s2)cc1. The van der Waals surface area contributed by atoms with Crippen molar-refractivity contribution >= 4 is 22.4 Å². The van der Waals surface area contributed by atoms with Crippen LogP contribution < -0.4 is 10.1 Å². The van der Waals surface area contributed by atoms with Gasteiger partial charge in [-0.25, -0.2) is 4.68 Å². The first-order valence-electron chi connectivity index (χ1n) is 10.1. The van der Waals surface area contributed by atoms with E-state index >= 15 is 0 Å². The summed E-state index contributed by atoms with van der Waals surface area (Å²) in [5.74, 6) is 0.398. The van der Waals surface area contributed by atoms with Crippen LogP contribution in [0.1, 0.15) is 10.4 Å². The molecule has 0 spiro atoms. The second kappa shape index (κ2) is 9.01. The fourth-order valence-corrected chi connectivity index (χ4v) is 3.96. The summed E-state index contributed by atoms with van der Waals surface area (Å²) in [7, 11) is 1.61. The van der Waals surface area contributed by atoms with Gasteiger partial charge in [0.1, 0.15) is 17.1 Å². The molecule has 162 valence electrons. The highest BCUT2D eigenvalue weighted by Gasteiger charge is 2.20. The van der Waals surface area contributed by atoms with E-state index in [2.05, 4.69) is 20.5 Å². The topological polar surface area (TPSA) is 94.8 Å². The van der Waals surface area contributed by atoms with Crippen molar-refractivity contribution in [1.29, 1.82) is 0 Å². The van der Waals surface area contributed by atoms with Gasteiger partial charge < -0.3 is 4.74 Å². The van der Waals surface area contributed by atoms with Crippen LogP contribution in [0.25, 0.3) is 27.6 Å². The van der Waals surface area contributed by atoms with Gasteiger partial charge in [0, 0.05) is 18.0 Å². The number of methoxy groups -OCH3 is 1. The third-order valence-electron chi connectivity index (χ3n) is 4.87. The molecule has 33 heavy (non-hydrogen) atoms. The smallest absolute Gasteiger partial charge is 0.261 e. The van der Waals surface area contributed by atoms with Crippen LogP contribution in [0.2, 0.25) is 0 Å². The summed E-state index contributed by atoms with van der Waals surface area (Å²) in [6, 6.07) is 22.6. The van der Waals surface area contributed by atoms with E-state index in [-0.39, 0.29) is 5.91 Å². The number of amides is 1. The molecule has 0 saturated heterocycles. The van der Waals surface area contributed by atoms with Crippen LogP contribution in [0.4, 0.5) is 5.13 Å². The van der Waals surface area contributed by atoms with E-state index in [1.807, 2.05) is 72.8 Å². The minimum atomic E-state index is -0.327. The van der Waals surface area contributed by atoms with E-state index in [1.165, 1.54) is 11.3 Å². The summed E-state index contributed by atoms with van der Waals surface area (Å²) in [4.78, 5) is 17.5. The molecule has 8 nitrogen and oxygen atoms in total. The maximum Gasteiger partial charge on any atom is 0.261 e. The van der Waals surface area contributed by atoms with Gasteiger partial charge in [0.15, 0.2) is 5.01 Å². The van der Waals surface area contributed by atoms with Crippen LogP contribution in [0.5, 0.6) is 5.75 Å². The molecular weight excluding hydrogens is 436 g/mol. The zero-order valence-corrected chi connectivity index (χ0v) is 18.4. The molecule has 0 bridgehead atoms. The first kappa shape index (κ1) is 20.5. The van der Waals surface area contributed by atoms with Crippen LogP contribution >= 0.6 is 11.3 Å². The van der Waals surface area contributed by atoms with Gasteiger partial charge in [-0.05, 0) is 48.5 Å². The summed E-state index contributed by atoms with van der Waals surface area (Å²) in [6.45, 7) is 0. The molecule has 1 amide bonds. The van der Waals surface area contributed by atoms with E-state index in [1.54, 1.807) is 24.2 Å². The van der Waals surface area contributed by atoms with Gasteiger partial charge in [-0.15, -0.1) is 10.2 Å². The number of nitrogens with zero attached hydrogens (tertiary/aromatic N) is 5. The Bertz CT molecular complexity index is 1380. The molecule has 5 rings (SSSR count). The number of hydrogen-bond acceptors (Lipinski definition) is 7. The van der Waals surface area contributed by atoms with E-state index in [0.29, 0.717) is 27.1 Å². The number of carbonyl (C=O) groups excluding carboxylic acids is 1. The number of rotatable bonds is 6. The lowest BCUT2D eigenvalue weighted by Crippen LogP contribution is -2.12. The molecule has 0 aliphatic rings. The Morgan fingerprint density at radius 1 is 0.970 bits per heavy atom. The fourth-order valence-electron chi connectivity index (χ4n) is 3.25. The van der Waals surface area contributed by atoms with Crippen molar-refractivity contribution in [3.05, 3.63) is 90.8 Å². The third kappa shape index (κ3) is 4.35. The second-order valence-electron chi connectivity index (χ2n) is 6.98. The lowest BCUT2D eigenvalue weighted by Gasteiger charge is -2.04. The van der Waals surface area contributed by atoms with Crippen LogP contribution in [-0.2, 0) is 0 Å². The lowest BCUT2D eigenvalue weighted by atomic mass is 10.1. The minimum Gasteiger partial charge on any atom is -0.497 e. The number of nitrogens with one attached hydrogen (secondary N) is 1. The maximum absolute atomic E-state index is 13.3. The highest BCUT2D eigenvalue weighted by atomic mass is 32.1. The van der Waals surface area contributed by atoms with Crippen LogP contribution in [-0.4, -0.2) is 38.0 Å². The summed E-state index contributed by atoms with van der Waals surface area (Å²) >= 11 is 1.26. The highest BCUT2D eigenvalue weighted by molar-refractivity contribution is 7.18. The quantitative estimate of drug-likeness (QED) is 0.399. The Labute approximate surface area is 193 Å². The number of aromatic nitrogens is 5. The Morgan fingerprint density at radius 2 is 1.76 bits per heavy atom. The van der Waals surface area contributed by atoms with E-state index in [9.17, 15) is 4.79 Å². The summed E-state index contributed by atoms with van der Waals surface area (Å²) in [5, 5.41) is 16.8. The zero-order valence-electron chi connectivity index (χ0n) is 17.5. The Hall–Kier alpha value is -4.37. The molecular formula is C24H18N6O2S. The van der Waals surface area contributed by atoms with Crippen molar-refractivity contribution in [2.75, 3.05) is 12.4 Å². The predicted octanol–water partition coefficient (Wildman–Crippen LogP) is 4.71. The first-order chi connectivity index (χ1) is 16.2. The number of anilines is 1. The average molecular weight is 455 g/mol. The molecule has 1 N–H and O–H groups in total. The van der Waals surface area contributed by atoms with Crippen molar-refractivity contribution in [3.8, 4) is 33.4 Å². The average Bonchev–Trinajstić information content (AvgIpc) is 3.53. The van der Waals surface area contributed by atoms with Gasteiger partial charge in [-0.1, -0.05) is 35.6 Å². The number of carbonyl (C=O) groups is 1. The molecule has 2 aromatic carbocycles. The van der Waals surface area contributed by atoms with Gasteiger partial charge in [0.2, 0.25) is 5.13 Å². The van der Waals surface area contributed by atoms with Gasteiger partial charge >= 0.3 is 0 Å². The summed E-state index contributed by atoms with van der Waals surface area (Å²) < 4.78 is 6.94. The van der Waals surface area contributed by atoms with E-state index in [0.717, 1.165) is 17.0 Å². The van der Waals surface area contributed by atoms with Crippen molar-refractivity contribution in [2.45, 2.75) is 0 Å². The van der Waals surface area contributed by atoms with Gasteiger partial charge in [-0.2, -0.15) is 5.10 Å². The molecule has 0 atom stereocenters. The molecule has 5 aromatic rings. The normalized spacial score (nSPS) is 10.7. The van der Waals surface area contributed by atoms with Gasteiger partial charge in [0.05, 0.1) is 18.4 Å². The maximum atomic E-state index is 13.3. The number of ether oxygens (including phenoxy) is 1. The highest BCUT2D eigenvalue weighted by Crippen LogP contribution is 2.28. The summed E-state index contributed by atoms with van der Waals surface area (Å²) in [6.07, 6.45) is 3.40. The van der Waals surface area contributed by atoms with Crippen molar-refractivity contribution in [3.63, 3.8) is 0 Å². The van der Waals surface area contributed by atoms with E-state index < -0.39 is 0 Å². The van der Waals surface area contributed by atoms with Gasteiger partial charge in [0.25, 0.3) is 5.91 Å². The Balaban J connectivity index is 1.48. The van der Waals surface area contributed by atoms with E-state index in [4.69, 9.17) is 9.84 Å². The lowest BCUT2D eigenvalue weighted by molar-refractivity contribution is 0.102. The molecule has 0 aliphatic heterocycles. The molecule has 0 fully saturated rings. The molecule has 3 heterocycles. The van der Waals surface area contributed by atoms with Crippen LogP contribution in [0.3, 0.4) is 0 Å². The Morgan fingerprint density at radius 3 is 2.48 bits per heavy atom. The molecule has 0 aliphatic carbocycles. The molecule has 3 aromatic heterocycles. The fraction of sp³-hybridized carbons (Fsp3) is 0.0417. The van der Waals surface area contributed by atoms with Crippen LogP contribution in [0, 0.1) is 0 Å². The van der Waals surface area contributed by atoms with Gasteiger partial charge in [-0.3, -0.25) is 15.1 Å². The number of benzene rings is 2. The number of pyridine rings is 1. The predicted molar refractivity (Wildman–Crippen MR) is 127 cm³/mol. The van der Waals surface area contributed by atoms with Crippen molar-refractivity contribution in [1.82, 2.24) is 25.0 Å². The molecule has 0 radical (unpaired) electrons. The van der Waals surface area contributed by atoms with Crippen molar-refractivity contribution in [2.24, 2.45) is 0 Å². The summed E-state index contributed by atoms with van der Waals surface area (Å²) in [5.41, 5.74) is 3.31. The third-order valence-corrected chi connectivity index (χ3v) is 5.73. The van der Waals surface area contributed by atoms with Crippen molar-refractivity contribution < 1.29 is 9.53 Å². The largest absolute Gasteiger partial charge is 0.497 e. The minimum absolute atomic E-state index is 0.327. The number of hydrogen-bond donors (Lipinski definition) is 1. The second-order valence-corrected chi connectivity index (χ2v) is 7.96.